The van der Waals surface area contributed by atoms with E-state index < -0.39 is 6.04 Å². The largest absolute Gasteiger partial charge is 0.353 e. The van der Waals surface area contributed by atoms with E-state index in [1.165, 1.54) is 17.7 Å². The highest BCUT2D eigenvalue weighted by Crippen LogP contribution is 2.17. The molecule has 25 heavy (non-hydrogen) atoms. The summed E-state index contributed by atoms with van der Waals surface area (Å²) in [5.41, 5.74) is 2.24. The Morgan fingerprint density at radius 1 is 1.28 bits per heavy atom. The second-order valence-corrected chi connectivity index (χ2v) is 6.75. The first-order chi connectivity index (χ1) is 12.0. The fourth-order valence-electron chi connectivity index (χ4n) is 3.29. The van der Waals surface area contributed by atoms with Gasteiger partial charge in [-0.25, -0.2) is 4.39 Å². The summed E-state index contributed by atoms with van der Waals surface area (Å²) < 4.78 is 13.1. The molecule has 2 heterocycles. The molecule has 5 nitrogen and oxygen atoms in total. The Morgan fingerprint density at radius 2 is 2.04 bits per heavy atom. The van der Waals surface area contributed by atoms with Crippen molar-refractivity contribution in [1.29, 1.82) is 0 Å². The number of carbonyl (C=O) groups excluding carboxylic acids is 2. The molecule has 0 aliphatic carbocycles. The number of nitrogens with zero attached hydrogens (tertiary/aromatic N) is 2. The lowest BCUT2D eigenvalue weighted by molar-refractivity contribution is -0.138. The van der Waals surface area contributed by atoms with Crippen LogP contribution in [0, 0.1) is 5.82 Å². The van der Waals surface area contributed by atoms with Gasteiger partial charge in [0.2, 0.25) is 11.8 Å². The Balaban J connectivity index is 1.66. The SMILES string of the molecule is CC1=CCN(C(=O)C[C@@H]2C(=O)NCCN2Cc2ccc(F)cc2)CC1. The summed E-state index contributed by atoms with van der Waals surface area (Å²) in [6, 6.07) is 5.81. The highest BCUT2D eigenvalue weighted by molar-refractivity contribution is 5.89. The van der Waals surface area contributed by atoms with Gasteiger partial charge >= 0.3 is 0 Å². The molecule has 1 atom stereocenters. The number of hydrogen-bond acceptors (Lipinski definition) is 3. The summed E-state index contributed by atoms with van der Waals surface area (Å²) in [6.45, 7) is 5.19. The maximum absolute atomic E-state index is 13.1. The molecular formula is C19H24FN3O2. The fraction of sp³-hybridized carbons (Fsp3) is 0.474. The highest BCUT2D eigenvalue weighted by atomic mass is 19.1. The minimum atomic E-state index is -0.474. The van der Waals surface area contributed by atoms with E-state index in [1.807, 2.05) is 9.80 Å². The Labute approximate surface area is 147 Å². The number of amides is 2. The van der Waals surface area contributed by atoms with Crippen LogP contribution in [-0.4, -0.2) is 53.8 Å². The van der Waals surface area contributed by atoms with Gasteiger partial charge in [0.15, 0.2) is 0 Å². The number of hydrogen-bond donors (Lipinski definition) is 1. The first-order valence-corrected chi connectivity index (χ1v) is 8.72. The van der Waals surface area contributed by atoms with E-state index in [2.05, 4.69) is 18.3 Å². The van der Waals surface area contributed by atoms with E-state index in [9.17, 15) is 14.0 Å². The zero-order valence-corrected chi connectivity index (χ0v) is 14.5. The Kier molecular flexibility index (Phi) is 5.48. The van der Waals surface area contributed by atoms with Crippen molar-refractivity contribution >= 4 is 11.8 Å². The molecule has 0 bridgehead atoms. The predicted octanol–water partition coefficient (Wildman–Crippen LogP) is 1.69. The second kappa shape index (κ2) is 7.78. The molecule has 1 fully saturated rings. The molecule has 1 aromatic carbocycles. The molecule has 2 aliphatic rings. The van der Waals surface area contributed by atoms with Crippen molar-refractivity contribution in [3.8, 4) is 0 Å². The monoisotopic (exact) mass is 345 g/mol. The van der Waals surface area contributed by atoms with Gasteiger partial charge in [-0.1, -0.05) is 23.8 Å². The van der Waals surface area contributed by atoms with Crippen molar-refractivity contribution in [3.05, 3.63) is 47.3 Å². The van der Waals surface area contributed by atoms with Crippen molar-refractivity contribution < 1.29 is 14.0 Å². The van der Waals surface area contributed by atoms with Gasteiger partial charge in [-0.2, -0.15) is 0 Å². The zero-order chi connectivity index (χ0) is 17.8. The molecule has 0 unspecified atom stereocenters. The standard InChI is InChI=1S/C19H24FN3O2/c1-14-6-9-22(10-7-14)18(24)12-17-19(25)21-8-11-23(17)13-15-2-4-16(20)5-3-15/h2-6,17H,7-13H2,1H3,(H,21,25)/t17-/m1/s1. The maximum Gasteiger partial charge on any atom is 0.237 e. The van der Waals surface area contributed by atoms with Crippen molar-refractivity contribution in [1.82, 2.24) is 15.1 Å². The lowest BCUT2D eigenvalue weighted by atomic mass is 10.0. The quantitative estimate of drug-likeness (QED) is 0.845. The smallest absolute Gasteiger partial charge is 0.237 e. The highest BCUT2D eigenvalue weighted by Gasteiger charge is 2.33. The van der Waals surface area contributed by atoms with Gasteiger partial charge in [-0.3, -0.25) is 14.5 Å². The number of nitrogens with one attached hydrogen (secondary N) is 1. The van der Waals surface area contributed by atoms with Crippen LogP contribution in [0.2, 0.25) is 0 Å². The number of rotatable bonds is 4. The minimum Gasteiger partial charge on any atom is -0.353 e. The van der Waals surface area contributed by atoms with E-state index in [0.717, 1.165) is 12.0 Å². The van der Waals surface area contributed by atoms with Gasteiger partial charge < -0.3 is 10.2 Å². The third-order valence-electron chi connectivity index (χ3n) is 4.90. The van der Waals surface area contributed by atoms with Crippen molar-refractivity contribution in [2.24, 2.45) is 0 Å². The van der Waals surface area contributed by atoms with E-state index in [0.29, 0.717) is 32.7 Å². The van der Waals surface area contributed by atoms with Crippen LogP contribution in [0.1, 0.15) is 25.3 Å². The summed E-state index contributed by atoms with van der Waals surface area (Å²) in [6.07, 6.45) is 3.14. The predicted molar refractivity (Wildman–Crippen MR) is 93.2 cm³/mol. The Bertz CT molecular complexity index is 672. The van der Waals surface area contributed by atoms with Crippen LogP contribution in [0.25, 0.3) is 0 Å². The van der Waals surface area contributed by atoms with E-state index >= 15 is 0 Å². The molecule has 0 radical (unpaired) electrons. The summed E-state index contributed by atoms with van der Waals surface area (Å²) >= 11 is 0. The molecule has 1 saturated heterocycles. The maximum atomic E-state index is 13.1. The van der Waals surface area contributed by atoms with Gasteiger partial charge in [0.05, 0.1) is 12.5 Å². The van der Waals surface area contributed by atoms with E-state index in [-0.39, 0.29) is 24.1 Å². The molecule has 6 heteroatoms. The van der Waals surface area contributed by atoms with Crippen molar-refractivity contribution in [2.75, 3.05) is 26.2 Å². The summed E-state index contributed by atoms with van der Waals surface area (Å²) in [5.74, 6) is -0.374. The number of carbonyl (C=O) groups is 2. The molecule has 3 rings (SSSR count). The molecule has 0 spiro atoms. The molecule has 2 amide bonds. The van der Waals surface area contributed by atoms with Crippen LogP contribution in [0.15, 0.2) is 35.9 Å². The molecule has 1 aromatic rings. The third-order valence-corrected chi connectivity index (χ3v) is 4.90. The summed E-state index contributed by atoms with van der Waals surface area (Å²) in [7, 11) is 0. The Morgan fingerprint density at radius 3 is 2.72 bits per heavy atom. The summed E-state index contributed by atoms with van der Waals surface area (Å²) in [4.78, 5) is 28.7. The van der Waals surface area contributed by atoms with Gasteiger partial charge in [-0.15, -0.1) is 0 Å². The van der Waals surface area contributed by atoms with E-state index in [4.69, 9.17) is 0 Å². The van der Waals surface area contributed by atoms with Crippen LogP contribution < -0.4 is 5.32 Å². The van der Waals surface area contributed by atoms with Gasteiger partial charge in [0.1, 0.15) is 5.82 Å². The van der Waals surface area contributed by atoms with Crippen LogP contribution in [-0.2, 0) is 16.1 Å². The average Bonchev–Trinajstić information content (AvgIpc) is 2.60. The normalized spacial score (nSPS) is 21.7. The average molecular weight is 345 g/mol. The van der Waals surface area contributed by atoms with E-state index in [1.54, 1.807) is 12.1 Å². The number of halogens is 1. The van der Waals surface area contributed by atoms with Crippen LogP contribution in [0.4, 0.5) is 4.39 Å². The van der Waals surface area contributed by atoms with Gasteiger partial charge in [0, 0.05) is 32.7 Å². The van der Waals surface area contributed by atoms with Crippen molar-refractivity contribution in [2.45, 2.75) is 32.4 Å². The van der Waals surface area contributed by atoms with Crippen LogP contribution in [0.5, 0.6) is 0 Å². The lowest BCUT2D eigenvalue weighted by Gasteiger charge is -2.36. The topological polar surface area (TPSA) is 52.7 Å². The second-order valence-electron chi connectivity index (χ2n) is 6.75. The zero-order valence-electron chi connectivity index (χ0n) is 14.5. The molecule has 2 aliphatic heterocycles. The number of benzene rings is 1. The molecular weight excluding hydrogens is 321 g/mol. The third kappa shape index (κ3) is 4.45. The lowest BCUT2D eigenvalue weighted by Crippen LogP contribution is -2.56. The Hall–Kier alpha value is -2.21. The molecule has 0 aromatic heterocycles. The molecule has 134 valence electrons. The summed E-state index contributed by atoms with van der Waals surface area (Å²) in [5, 5.41) is 2.85. The minimum absolute atomic E-state index is 0.00917. The first kappa shape index (κ1) is 17.6. The van der Waals surface area contributed by atoms with Gasteiger partial charge in [-0.05, 0) is 31.0 Å². The number of piperazine rings is 1. The fourth-order valence-corrected chi connectivity index (χ4v) is 3.29. The van der Waals surface area contributed by atoms with Crippen molar-refractivity contribution in [3.63, 3.8) is 0 Å². The molecule has 1 N–H and O–H groups in total. The molecule has 0 saturated carbocycles. The first-order valence-electron chi connectivity index (χ1n) is 8.72. The van der Waals surface area contributed by atoms with Gasteiger partial charge in [0.25, 0.3) is 0 Å². The van der Waals surface area contributed by atoms with Crippen LogP contribution >= 0.6 is 0 Å². The van der Waals surface area contributed by atoms with Crippen LogP contribution in [0.3, 0.4) is 0 Å².